The first-order chi connectivity index (χ1) is 12.2. The monoisotopic (exact) mass is 338 g/mol. The summed E-state index contributed by atoms with van der Waals surface area (Å²) in [5.74, 6) is 1.34. The van der Waals surface area contributed by atoms with E-state index < -0.39 is 0 Å². The van der Waals surface area contributed by atoms with Gasteiger partial charge in [0, 0.05) is 56.9 Å². The molecular weight excluding hydrogens is 316 g/mol. The van der Waals surface area contributed by atoms with Crippen molar-refractivity contribution < 1.29 is 4.74 Å². The summed E-state index contributed by atoms with van der Waals surface area (Å²) < 4.78 is 7.33. The van der Waals surface area contributed by atoms with Crippen LogP contribution in [0.1, 0.15) is 11.4 Å². The average Bonchev–Trinajstić information content (AvgIpc) is 3.06. The van der Waals surface area contributed by atoms with Gasteiger partial charge in [-0.1, -0.05) is 6.07 Å². The quantitative estimate of drug-likeness (QED) is 0.722. The van der Waals surface area contributed by atoms with E-state index >= 15 is 0 Å². The molecule has 1 fully saturated rings. The molecule has 25 heavy (non-hydrogen) atoms. The van der Waals surface area contributed by atoms with Gasteiger partial charge in [-0.05, 0) is 19.1 Å². The molecule has 3 aromatic rings. The van der Waals surface area contributed by atoms with Crippen molar-refractivity contribution in [1.82, 2.24) is 24.3 Å². The zero-order chi connectivity index (χ0) is 17.2. The summed E-state index contributed by atoms with van der Waals surface area (Å²) in [5.41, 5.74) is 3.33. The Morgan fingerprint density at radius 2 is 1.92 bits per heavy atom. The third-order valence-corrected chi connectivity index (χ3v) is 4.61. The van der Waals surface area contributed by atoms with E-state index in [0.29, 0.717) is 5.88 Å². The van der Waals surface area contributed by atoms with Crippen molar-refractivity contribution in [3.8, 4) is 5.88 Å². The van der Waals surface area contributed by atoms with Crippen LogP contribution in [0.25, 0.3) is 5.65 Å². The standard InChI is InChI=1S/C18H22N6O/c1-14-4-3-5-16-20-15(13-24(14)16)12-22-8-10-23(11-9-22)18-19-7-6-17(21-18)25-2/h3-7,13H,8-12H2,1-2H3. The molecule has 7 heteroatoms. The summed E-state index contributed by atoms with van der Waals surface area (Å²) in [6, 6.07) is 7.97. The molecule has 1 aliphatic heterocycles. The topological polar surface area (TPSA) is 58.8 Å². The van der Waals surface area contributed by atoms with Crippen LogP contribution in [-0.4, -0.2) is 57.5 Å². The SMILES string of the molecule is COc1ccnc(N2CCN(Cc3cn4c(C)cccc4n3)CC2)n1. The molecule has 0 amide bonds. The fraction of sp³-hybridized carbons (Fsp3) is 0.389. The molecular formula is C18H22N6O. The number of fused-ring (bicyclic) bond motifs is 1. The minimum absolute atomic E-state index is 0.604. The maximum Gasteiger partial charge on any atom is 0.228 e. The van der Waals surface area contributed by atoms with Gasteiger partial charge in [-0.2, -0.15) is 4.98 Å². The van der Waals surface area contributed by atoms with E-state index in [1.54, 1.807) is 19.4 Å². The summed E-state index contributed by atoms with van der Waals surface area (Å²) >= 11 is 0. The van der Waals surface area contributed by atoms with Crippen molar-refractivity contribution in [2.75, 3.05) is 38.2 Å². The third kappa shape index (κ3) is 3.28. The Labute approximate surface area is 146 Å². The second kappa shape index (κ2) is 6.68. The van der Waals surface area contributed by atoms with Gasteiger partial charge < -0.3 is 14.0 Å². The molecule has 0 unspecified atom stereocenters. The molecule has 4 heterocycles. The number of hydrogen-bond acceptors (Lipinski definition) is 6. The number of methoxy groups -OCH3 is 1. The summed E-state index contributed by atoms with van der Waals surface area (Å²) in [4.78, 5) is 18.1. The van der Waals surface area contributed by atoms with E-state index in [2.05, 4.69) is 49.4 Å². The average molecular weight is 338 g/mol. The molecule has 1 saturated heterocycles. The number of hydrogen-bond donors (Lipinski definition) is 0. The highest BCUT2D eigenvalue weighted by atomic mass is 16.5. The fourth-order valence-electron chi connectivity index (χ4n) is 3.21. The Balaban J connectivity index is 1.40. The number of imidazole rings is 1. The van der Waals surface area contributed by atoms with Crippen molar-refractivity contribution in [3.63, 3.8) is 0 Å². The molecule has 4 rings (SSSR count). The van der Waals surface area contributed by atoms with Gasteiger partial charge in [0.1, 0.15) is 5.65 Å². The summed E-state index contributed by atoms with van der Waals surface area (Å²) in [7, 11) is 1.63. The normalized spacial score (nSPS) is 15.7. The first-order valence-electron chi connectivity index (χ1n) is 8.51. The van der Waals surface area contributed by atoms with Crippen LogP contribution in [0.4, 0.5) is 5.95 Å². The van der Waals surface area contributed by atoms with E-state index in [1.165, 1.54) is 5.69 Å². The Bertz CT molecular complexity index is 869. The molecule has 0 aliphatic carbocycles. The lowest BCUT2D eigenvalue weighted by molar-refractivity contribution is 0.246. The van der Waals surface area contributed by atoms with Crippen LogP contribution < -0.4 is 9.64 Å². The van der Waals surface area contributed by atoms with Gasteiger partial charge in [0.05, 0.1) is 12.8 Å². The number of rotatable bonds is 4. The predicted octanol–water partition coefficient (Wildman–Crippen LogP) is 1.76. The first-order valence-corrected chi connectivity index (χ1v) is 8.51. The van der Waals surface area contributed by atoms with Crippen LogP contribution in [0.5, 0.6) is 5.88 Å². The van der Waals surface area contributed by atoms with Crippen molar-refractivity contribution >= 4 is 11.6 Å². The summed E-state index contributed by atoms with van der Waals surface area (Å²) in [6.45, 7) is 6.71. The van der Waals surface area contributed by atoms with Crippen LogP contribution in [0.2, 0.25) is 0 Å². The van der Waals surface area contributed by atoms with Crippen molar-refractivity contribution in [1.29, 1.82) is 0 Å². The van der Waals surface area contributed by atoms with Gasteiger partial charge >= 0.3 is 0 Å². The molecule has 0 spiro atoms. The highest BCUT2D eigenvalue weighted by molar-refractivity contribution is 5.41. The number of aromatic nitrogens is 4. The Kier molecular flexibility index (Phi) is 4.23. The predicted molar refractivity (Wildman–Crippen MR) is 96.0 cm³/mol. The molecule has 130 valence electrons. The lowest BCUT2D eigenvalue weighted by Crippen LogP contribution is -2.46. The number of anilines is 1. The lowest BCUT2D eigenvalue weighted by Gasteiger charge is -2.34. The van der Waals surface area contributed by atoms with Crippen molar-refractivity contribution in [3.05, 3.63) is 48.0 Å². The summed E-state index contributed by atoms with van der Waals surface area (Å²) in [6.07, 6.45) is 3.88. The third-order valence-electron chi connectivity index (χ3n) is 4.61. The zero-order valence-electron chi connectivity index (χ0n) is 14.6. The van der Waals surface area contributed by atoms with E-state index in [4.69, 9.17) is 9.72 Å². The minimum atomic E-state index is 0.604. The van der Waals surface area contributed by atoms with Gasteiger partial charge in [0.25, 0.3) is 0 Å². The first kappa shape index (κ1) is 15.8. The number of pyridine rings is 1. The Morgan fingerprint density at radius 1 is 1.08 bits per heavy atom. The van der Waals surface area contributed by atoms with E-state index in [-0.39, 0.29) is 0 Å². The maximum absolute atomic E-state index is 5.19. The second-order valence-corrected chi connectivity index (χ2v) is 6.29. The number of piperazine rings is 1. The number of aryl methyl sites for hydroxylation is 1. The lowest BCUT2D eigenvalue weighted by atomic mass is 10.3. The highest BCUT2D eigenvalue weighted by Gasteiger charge is 2.20. The highest BCUT2D eigenvalue weighted by Crippen LogP contribution is 2.16. The molecule has 0 aromatic carbocycles. The van der Waals surface area contributed by atoms with Gasteiger partial charge in [-0.25, -0.2) is 9.97 Å². The van der Waals surface area contributed by atoms with Crippen LogP contribution >= 0.6 is 0 Å². The molecule has 0 bridgehead atoms. The Morgan fingerprint density at radius 3 is 2.68 bits per heavy atom. The van der Waals surface area contributed by atoms with Crippen molar-refractivity contribution in [2.45, 2.75) is 13.5 Å². The summed E-state index contributed by atoms with van der Waals surface area (Å²) in [5, 5.41) is 0. The minimum Gasteiger partial charge on any atom is -0.481 e. The maximum atomic E-state index is 5.19. The molecule has 0 N–H and O–H groups in total. The van der Waals surface area contributed by atoms with Gasteiger partial charge in [-0.3, -0.25) is 4.90 Å². The van der Waals surface area contributed by atoms with Crippen molar-refractivity contribution in [2.24, 2.45) is 0 Å². The Hall–Kier alpha value is -2.67. The molecule has 1 aliphatic rings. The van der Waals surface area contributed by atoms with Crippen LogP contribution in [0, 0.1) is 6.92 Å². The zero-order valence-corrected chi connectivity index (χ0v) is 14.6. The largest absolute Gasteiger partial charge is 0.481 e. The number of nitrogens with zero attached hydrogens (tertiary/aromatic N) is 6. The van der Waals surface area contributed by atoms with Gasteiger partial charge in [0.15, 0.2) is 0 Å². The van der Waals surface area contributed by atoms with E-state index in [9.17, 15) is 0 Å². The van der Waals surface area contributed by atoms with Gasteiger partial charge in [-0.15, -0.1) is 0 Å². The van der Waals surface area contributed by atoms with E-state index in [1.807, 2.05) is 6.07 Å². The molecule has 0 saturated carbocycles. The molecule has 0 radical (unpaired) electrons. The van der Waals surface area contributed by atoms with E-state index in [0.717, 1.165) is 50.0 Å². The van der Waals surface area contributed by atoms with Crippen LogP contribution in [-0.2, 0) is 6.54 Å². The smallest absolute Gasteiger partial charge is 0.228 e. The van der Waals surface area contributed by atoms with Gasteiger partial charge in [0.2, 0.25) is 11.8 Å². The number of ether oxygens (including phenoxy) is 1. The molecule has 3 aromatic heterocycles. The molecule has 7 nitrogen and oxygen atoms in total. The fourth-order valence-corrected chi connectivity index (χ4v) is 3.21. The van der Waals surface area contributed by atoms with Crippen LogP contribution in [0.15, 0.2) is 36.7 Å². The molecule has 0 atom stereocenters. The van der Waals surface area contributed by atoms with Crippen LogP contribution in [0.3, 0.4) is 0 Å². The second-order valence-electron chi connectivity index (χ2n) is 6.29.